The number of aromatic nitrogens is 1. The lowest BCUT2D eigenvalue weighted by Gasteiger charge is -2.27. The van der Waals surface area contributed by atoms with Crippen LogP contribution in [0.25, 0.3) is 0 Å². The normalized spacial score (nSPS) is 22.5. The number of amides is 2. The Bertz CT molecular complexity index is 667. The topological polar surface area (TPSA) is 130 Å². The number of carbonyl (C=O) groups is 3. The lowest BCUT2D eigenvalue weighted by molar-refractivity contribution is -0.126. The molecule has 10 nitrogen and oxygen atoms in total. The number of anilines is 1. The van der Waals surface area contributed by atoms with E-state index in [2.05, 4.69) is 15.6 Å². The fourth-order valence-corrected chi connectivity index (χ4v) is 2.47. The van der Waals surface area contributed by atoms with E-state index in [9.17, 15) is 19.5 Å². The van der Waals surface area contributed by atoms with Gasteiger partial charge in [0.05, 0.1) is 12.3 Å². The molecule has 1 fully saturated rings. The van der Waals surface area contributed by atoms with Crippen LogP contribution >= 0.6 is 0 Å². The molecule has 128 valence electrons. The van der Waals surface area contributed by atoms with Crippen molar-refractivity contribution in [1.29, 1.82) is 0 Å². The van der Waals surface area contributed by atoms with E-state index < -0.39 is 18.1 Å². The molecule has 0 saturated carbocycles. The maximum absolute atomic E-state index is 11.9. The molecule has 1 aromatic rings. The first-order chi connectivity index (χ1) is 11.6. The first-order valence-electron chi connectivity index (χ1n) is 7.34. The molecule has 3 heterocycles. The maximum atomic E-state index is 11.9. The average Bonchev–Trinajstić information content (AvgIpc) is 3.00. The molecule has 2 atom stereocenters. The van der Waals surface area contributed by atoms with E-state index >= 15 is 0 Å². The number of hydrogen-bond donors (Lipinski definition) is 3. The van der Waals surface area contributed by atoms with E-state index in [0.29, 0.717) is 19.4 Å². The van der Waals surface area contributed by atoms with Gasteiger partial charge < -0.3 is 25.3 Å². The Morgan fingerprint density at radius 3 is 3.12 bits per heavy atom. The molecule has 0 unspecified atom stereocenters. The van der Waals surface area contributed by atoms with Crippen LogP contribution in [0.5, 0.6) is 5.75 Å². The van der Waals surface area contributed by atoms with E-state index in [1.165, 1.54) is 12.3 Å². The van der Waals surface area contributed by atoms with Gasteiger partial charge in [-0.15, -0.1) is 5.06 Å². The Balaban J connectivity index is 1.66. The Morgan fingerprint density at radius 2 is 2.42 bits per heavy atom. The van der Waals surface area contributed by atoms with Crippen LogP contribution in [-0.2, 0) is 9.63 Å². The number of aliphatic hydroxyl groups excluding tert-OH is 1. The van der Waals surface area contributed by atoms with Crippen LogP contribution in [0.2, 0.25) is 0 Å². The van der Waals surface area contributed by atoms with E-state index in [1.54, 1.807) is 0 Å². The van der Waals surface area contributed by atoms with Crippen LogP contribution < -0.4 is 20.4 Å². The summed E-state index contributed by atoms with van der Waals surface area (Å²) in [5, 5.41) is 15.9. The zero-order valence-electron chi connectivity index (χ0n) is 12.6. The molecule has 3 rings (SSSR count). The summed E-state index contributed by atoms with van der Waals surface area (Å²) in [7, 11) is 0. The summed E-state index contributed by atoms with van der Waals surface area (Å²) in [6.07, 6.45) is 0.393. The number of aldehydes is 1. The predicted octanol–water partition coefficient (Wildman–Crippen LogP) is -1.16. The minimum absolute atomic E-state index is 0.0706. The van der Waals surface area contributed by atoms with Gasteiger partial charge in [0.1, 0.15) is 11.4 Å². The van der Waals surface area contributed by atoms with E-state index in [1.807, 2.05) is 0 Å². The van der Waals surface area contributed by atoms with Crippen molar-refractivity contribution < 1.29 is 29.1 Å². The average molecular weight is 336 g/mol. The number of nitrogens with zero attached hydrogens (tertiary/aromatic N) is 2. The van der Waals surface area contributed by atoms with Crippen LogP contribution in [0.3, 0.4) is 0 Å². The zero-order chi connectivity index (χ0) is 17.1. The largest absolute Gasteiger partial charge is 0.480 e. The van der Waals surface area contributed by atoms with Crippen molar-refractivity contribution in [1.82, 2.24) is 15.6 Å². The van der Waals surface area contributed by atoms with Gasteiger partial charge in [0, 0.05) is 25.6 Å². The van der Waals surface area contributed by atoms with E-state index in [4.69, 9.17) is 9.57 Å². The number of fused-ring (bicyclic) bond motifs is 1. The molecule has 2 amide bonds. The summed E-state index contributed by atoms with van der Waals surface area (Å²) < 4.78 is 5.18. The summed E-state index contributed by atoms with van der Waals surface area (Å²) in [6, 6.07) is 1.29. The molecule has 24 heavy (non-hydrogen) atoms. The molecule has 0 spiro atoms. The van der Waals surface area contributed by atoms with Gasteiger partial charge in [-0.3, -0.25) is 9.59 Å². The first-order valence-corrected chi connectivity index (χ1v) is 7.34. The standard InChI is InChI=1S/C14H16N4O6/c19-6-9-1-10-12(5-16-9)23-7-13(21)18(10)24-14(22)17-3-8-2-15-4-11(8)20/h1,5-6,8,11,15,20H,2-4,7H2,(H,17,22)/t8-,11-/m1/s1. The number of hydroxylamine groups is 1. The fourth-order valence-electron chi connectivity index (χ4n) is 2.47. The lowest BCUT2D eigenvalue weighted by Crippen LogP contribution is -2.44. The smallest absolute Gasteiger partial charge is 0.432 e. The van der Waals surface area contributed by atoms with Gasteiger partial charge in [-0.2, -0.15) is 0 Å². The highest BCUT2D eigenvalue weighted by Gasteiger charge is 2.31. The fraction of sp³-hybridized carbons (Fsp3) is 0.429. The number of ether oxygens (including phenoxy) is 1. The van der Waals surface area contributed by atoms with Crippen LogP contribution in [-0.4, -0.2) is 60.7 Å². The first kappa shape index (κ1) is 16.1. The molecular weight excluding hydrogens is 320 g/mol. The molecule has 10 heteroatoms. The quantitative estimate of drug-likeness (QED) is 0.587. The number of aliphatic hydroxyl groups is 1. The third-order valence-electron chi connectivity index (χ3n) is 3.77. The SMILES string of the molecule is O=Cc1cc2c(cn1)OCC(=O)N2OC(=O)NC[C@H]1CNC[C@H]1O. The molecule has 1 saturated heterocycles. The molecule has 0 aliphatic carbocycles. The van der Waals surface area contributed by atoms with Crippen LogP contribution in [0.1, 0.15) is 10.5 Å². The minimum atomic E-state index is -0.847. The number of carbonyl (C=O) groups excluding carboxylic acids is 3. The maximum Gasteiger partial charge on any atom is 0.432 e. The zero-order valence-corrected chi connectivity index (χ0v) is 12.6. The second-order valence-electron chi connectivity index (χ2n) is 5.42. The Labute approximate surface area is 136 Å². The van der Waals surface area contributed by atoms with Gasteiger partial charge in [0.15, 0.2) is 18.6 Å². The van der Waals surface area contributed by atoms with Gasteiger partial charge in [-0.25, -0.2) is 9.78 Å². The number of hydrogen-bond acceptors (Lipinski definition) is 8. The van der Waals surface area contributed by atoms with Gasteiger partial charge in [-0.05, 0) is 6.07 Å². The Kier molecular flexibility index (Phi) is 4.58. The van der Waals surface area contributed by atoms with Gasteiger partial charge in [0.2, 0.25) is 0 Å². The minimum Gasteiger partial charge on any atom is -0.480 e. The van der Waals surface area contributed by atoms with Crippen molar-refractivity contribution in [3.63, 3.8) is 0 Å². The molecule has 0 bridgehead atoms. The molecule has 2 aliphatic rings. The molecule has 0 aromatic carbocycles. The second kappa shape index (κ2) is 6.81. The van der Waals surface area contributed by atoms with Crippen molar-refractivity contribution in [2.45, 2.75) is 6.10 Å². The molecule has 0 radical (unpaired) electrons. The van der Waals surface area contributed by atoms with Crippen LogP contribution in [0.4, 0.5) is 10.5 Å². The number of pyridine rings is 1. The summed E-state index contributed by atoms with van der Waals surface area (Å²) in [4.78, 5) is 43.6. The molecule has 3 N–H and O–H groups in total. The van der Waals surface area contributed by atoms with Crippen molar-refractivity contribution in [2.75, 3.05) is 31.3 Å². The molecular formula is C14H16N4O6. The van der Waals surface area contributed by atoms with E-state index in [0.717, 1.165) is 5.06 Å². The second-order valence-corrected chi connectivity index (χ2v) is 5.42. The monoisotopic (exact) mass is 336 g/mol. The Morgan fingerprint density at radius 1 is 1.58 bits per heavy atom. The van der Waals surface area contributed by atoms with Crippen molar-refractivity contribution in [3.05, 3.63) is 18.0 Å². The van der Waals surface area contributed by atoms with Crippen LogP contribution in [0, 0.1) is 5.92 Å². The van der Waals surface area contributed by atoms with Crippen molar-refractivity contribution in [3.8, 4) is 5.75 Å². The highest BCUT2D eigenvalue weighted by Crippen LogP contribution is 2.31. The lowest BCUT2D eigenvalue weighted by atomic mass is 10.1. The molecule has 2 aliphatic heterocycles. The number of rotatable bonds is 4. The summed E-state index contributed by atoms with van der Waals surface area (Å²) in [5.41, 5.74) is 0.197. The van der Waals surface area contributed by atoms with Crippen molar-refractivity contribution >= 4 is 24.0 Å². The summed E-state index contributed by atoms with van der Waals surface area (Å²) >= 11 is 0. The molecule has 1 aromatic heterocycles. The van der Waals surface area contributed by atoms with Gasteiger partial charge >= 0.3 is 6.09 Å². The van der Waals surface area contributed by atoms with Crippen LogP contribution in [0.15, 0.2) is 12.3 Å². The third kappa shape index (κ3) is 3.29. The highest BCUT2D eigenvalue weighted by molar-refractivity contribution is 5.98. The summed E-state index contributed by atoms with van der Waals surface area (Å²) in [6.45, 7) is 0.940. The third-order valence-corrected chi connectivity index (χ3v) is 3.77. The highest BCUT2D eigenvalue weighted by atomic mass is 16.7. The predicted molar refractivity (Wildman–Crippen MR) is 79.5 cm³/mol. The van der Waals surface area contributed by atoms with Crippen molar-refractivity contribution in [2.24, 2.45) is 5.92 Å². The van der Waals surface area contributed by atoms with Gasteiger partial charge in [-0.1, -0.05) is 0 Å². The summed E-state index contributed by atoms with van der Waals surface area (Å²) in [5.74, 6) is -0.497. The Hall–Kier alpha value is -2.72. The van der Waals surface area contributed by atoms with E-state index in [-0.39, 0.29) is 36.2 Å². The number of nitrogens with one attached hydrogen (secondary N) is 2. The van der Waals surface area contributed by atoms with Gasteiger partial charge in [0.25, 0.3) is 5.91 Å². The number of β-amino-alcohol motifs (C(OH)–C–C–N with tert-alkyl or cyclic N) is 1.